The number of nitrogens with zero attached hydrogens (tertiary/aromatic N) is 3. The third-order valence-corrected chi connectivity index (χ3v) is 4.24. The second-order valence-corrected chi connectivity index (χ2v) is 5.62. The minimum atomic E-state index is 0.519. The first-order valence-corrected chi connectivity index (χ1v) is 7.69. The second-order valence-electron chi connectivity index (χ2n) is 5.62. The van der Waals surface area contributed by atoms with Gasteiger partial charge < -0.3 is 10.3 Å². The molecule has 0 saturated carbocycles. The summed E-state index contributed by atoms with van der Waals surface area (Å²) in [5, 5.41) is 1.03. The highest BCUT2D eigenvalue weighted by Gasteiger charge is 2.20. The summed E-state index contributed by atoms with van der Waals surface area (Å²) in [6, 6.07) is 0.519. The van der Waals surface area contributed by atoms with Crippen LogP contribution in [0.1, 0.15) is 63.3 Å². The molecule has 2 aromatic heterocycles. The number of hydrogen-bond acceptors (Lipinski definition) is 3. The van der Waals surface area contributed by atoms with Crippen molar-refractivity contribution >= 4 is 16.9 Å². The summed E-state index contributed by atoms with van der Waals surface area (Å²) in [5.41, 5.74) is 9.55. The van der Waals surface area contributed by atoms with Gasteiger partial charge in [-0.25, -0.2) is 9.97 Å². The van der Waals surface area contributed by atoms with Gasteiger partial charge in [-0.3, -0.25) is 0 Å². The van der Waals surface area contributed by atoms with E-state index in [1.165, 1.54) is 43.4 Å². The lowest BCUT2D eigenvalue weighted by atomic mass is 10.0. The van der Waals surface area contributed by atoms with Crippen LogP contribution in [-0.4, -0.2) is 14.5 Å². The molecular weight excluding hydrogens is 248 g/mol. The van der Waals surface area contributed by atoms with E-state index in [9.17, 15) is 0 Å². The average Bonchev–Trinajstić information content (AvgIpc) is 2.69. The van der Waals surface area contributed by atoms with Crippen LogP contribution in [0, 0.1) is 13.8 Å². The second kappa shape index (κ2) is 6.25. The molecule has 0 bridgehead atoms. The summed E-state index contributed by atoms with van der Waals surface area (Å²) in [6.07, 6.45) is 7.65. The summed E-state index contributed by atoms with van der Waals surface area (Å²) >= 11 is 0. The van der Waals surface area contributed by atoms with Crippen LogP contribution in [0.5, 0.6) is 0 Å². The number of rotatable bonds is 6. The van der Waals surface area contributed by atoms with Crippen molar-refractivity contribution < 1.29 is 0 Å². The Kier molecular flexibility index (Phi) is 4.63. The van der Waals surface area contributed by atoms with Crippen LogP contribution < -0.4 is 5.73 Å². The van der Waals surface area contributed by atoms with Gasteiger partial charge in [0.2, 0.25) is 0 Å². The number of unbranched alkanes of at least 4 members (excludes halogenated alkanes) is 1. The smallest absolute Gasteiger partial charge is 0.146 e. The summed E-state index contributed by atoms with van der Waals surface area (Å²) in [7, 11) is 0. The van der Waals surface area contributed by atoms with Crippen molar-refractivity contribution in [2.75, 3.05) is 5.73 Å². The largest absolute Gasteiger partial charge is 0.383 e. The van der Waals surface area contributed by atoms with Crippen LogP contribution in [0.4, 0.5) is 5.82 Å². The van der Waals surface area contributed by atoms with Crippen molar-refractivity contribution in [1.29, 1.82) is 0 Å². The number of hydrogen-bond donors (Lipinski definition) is 1. The molecule has 1 atom stereocenters. The molecule has 1 unspecified atom stereocenters. The molecule has 0 aliphatic heterocycles. The monoisotopic (exact) mass is 274 g/mol. The Morgan fingerprint density at radius 2 is 1.90 bits per heavy atom. The van der Waals surface area contributed by atoms with E-state index in [1.807, 2.05) is 0 Å². The third-order valence-electron chi connectivity index (χ3n) is 4.24. The quantitative estimate of drug-likeness (QED) is 0.860. The number of anilines is 1. The lowest BCUT2D eigenvalue weighted by Gasteiger charge is -2.21. The summed E-state index contributed by atoms with van der Waals surface area (Å²) in [6.45, 7) is 8.78. The molecule has 2 heterocycles. The minimum Gasteiger partial charge on any atom is -0.383 e. The Labute approximate surface area is 121 Å². The highest BCUT2D eigenvalue weighted by Crippen LogP contribution is 2.33. The standard InChI is InChI=1S/C16H26N4/c1-5-7-9-13(8-6-2)20-12(4)11(3)14-15(17)18-10-19-16(14)20/h10,13H,5-9H2,1-4H3,(H2,17,18,19). The van der Waals surface area contributed by atoms with E-state index in [4.69, 9.17) is 5.73 Å². The maximum Gasteiger partial charge on any atom is 0.146 e. The summed E-state index contributed by atoms with van der Waals surface area (Å²) in [5.74, 6) is 0.597. The van der Waals surface area contributed by atoms with Gasteiger partial charge in [-0.15, -0.1) is 0 Å². The highest BCUT2D eigenvalue weighted by molar-refractivity contribution is 5.90. The normalized spacial score (nSPS) is 13.0. The fourth-order valence-electron chi connectivity index (χ4n) is 3.07. The molecule has 0 spiro atoms. The number of fused-ring (bicyclic) bond motifs is 1. The van der Waals surface area contributed by atoms with Gasteiger partial charge in [0.15, 0.2) is 0 Å². The first-order valence-electron chi connectivity index (χ1n) is 7.69. The predicted octanol–water partition coefficient (Wildman–Crippen LogP) is 4.16. The van der Waals surface area contributed by atoms with Gasteiger partial charge in [-0.1, -0.05) is 33.1 Å². The molecule has 0 aromatic carbocycles. The molecule has 4 heteroatoms. The Morgan fingerprint density at radius 1 is 1.15 bits per heavy atom. The van der Waals surface area contributed by atoms with Crippen molar-refractivity contribution in [1.82, 2.24) is 14.5 Å². The molecule has 20 heavy (non-hydrogen) atoms. The van der Waals surface area contributed by atoms with E-state index in [0.717, 1.165) is 11.0 Å². The zero-order valence-electron chi connectivity index (χ0n) is 13.1. The fourth-order valence-corrected chi connectivity index (χ4v) is 3.07. The third kappa shape index (κ3) is 2.51. The van der Waals surface area contributed by atoms with Gasteiger partial charge in [0, 0.05) is 11.7 Å². The highest BCUT2D eigenvalue weighted by atomic mass is 15.1. The molecule has 0 amide bonds. The van der Waals surface area contributed by atoms with Crippen molar-refractivity contribution in [2.45, 2.75) is 65.8 Å². The van der Waals surface area contributed by atoms with E-state index in [2.05, 4.69) is 42.2 Å². The molecule has 4 nitrogen and oxygen atoms in total. The SMILES string of the molecule is CCCCC(CCC)n1c(C)c(C)c2c(N)ncnc21. The molecule has 0 fully saturated rings. The number of nitrogens with two attached hydrogens (primary N) is 1. The first kappa shape index (κ1) is 14.8. The minimum absolute atomic E-state index is 0.519. The molecule has 2 aromatic rings. The van der Waals surface area contributed by atoms with Gasteiger partial charge in [-0.2, -0.15) is 0 Å². The first-order chi connectivity index (χ1) is 9.61. The van der Waals surface area contributed by atoms with Gasteiger partial charge in [-0.05, 0) is 32.3 Å². The zero-order chi connectivity index (χ0) is 14.7. The Morgan fingerprint density at radius 3 is 2.55 bits per heavy atom. The van der Waals surface area contributed by atoms with Crippen LogP contribution >= 0.6 is 0 Å². The molecule has 2 rings (SSSR count). The zero-order valence-corrected chi connectivity index (χ0v) is 13.1. The predicted molar refractivity (Wildman–Crippen MR) is 84.9 cm³/mol. The van der Waals surface area contributed by atoms with Crippen molar-refractivity contribution in [3.8, 4) is 0 Å². The number of aryl methyl sites for hydroxylation is 1. The molecule has 0 aliphatic rings. The van der Waals surface area contributed by atoms with Crippen molar-refractivity contribution in [2.24, 2.45) is 0 Å². The molecule has 0 saturated heterocycles. The van der Waals surface area contributed by atoms with Gasteiger partial charge in [0.05, 0.1) is 5.39 Å². The molecule has 0 radical (unpaired) electrons. The Balaban J connectivity index is 2.56. The topological polar surface area (TPSA) is 56.7 Å². The van der Waals surface area contributed by atoms with Gasteiger partial charge in [0.1, 0.15) is 17.8 Å². The van der Waals surface area contributed by atoms with Crippen LogP contribution in [0.2, 0.25) is 0 Å². The number of nitrogen functional groups attached to an aromatic ring is 1. The van der Waals surface area contributed by atoms with Crippen molar-refractivity contribution in [3.05, 3.63) is 17.6 Å². The van der Waals surface area contributed by atoms with E-state index in [-0.39, 0.29) is 0 Å². The van der Waals surface area contributed by atoms with Crippen LogP contribution in [-0.2, 0) is 0 Å². The molecule has 0 aliphatic carbocycles. The van der Waals surface area contributed by atoms with E-state index in [1.54, 1.807) is 6.33 Å². The van der Waals surface area contributed by atoms with Gasteiger partial charge >= 0.3 is 0 Å². The number of aromatic nitrogens is 3. The lowest BCUT2D eigenvalue weighted by Crippen LogP contribution is -2.11. The van der Waals surface area contributed by atoms with Crippen LogP contribution in [0.3, 0.4) is 0 Å². The van der Waals surface area contributed by atoms with Crippen molar-refractivity contribution in [3.63, 3.8) is 0 Å². The van der Waals surface area contributed by atoms with Crippen LogP contribution in [0.25, 0.3) is 11.0 Å². The molecular formula is C16H26N4. The van der Waals surface area contributed by atoms with E-state index < -0.39 is 0 Å². The maximum absolute atomic E-state index is 6.05. The fraction of sp³-hybridized carbons (Fsp3) is 0.625. The Hall–Kier alpha value is -1.58. The lowest BCUT2D eigenvalue weighted by molar-refractivity contribution is 0.419. The van der Waals surface area contributed by atoms with E-state index >= 15 is 0 Å². The summed E-state index contributed by atoms with van der Waals surface area (Å²) in [4.78, 5) is 8.65. The molecule has 110 valence electrons. The van der Waals surface area contributed by atoms with E-state index in [0.29, 0.717) is 11.9 Å². The maximum atomic E-state index is 6.05. The average molecular weight is 274 g/mol. The Bertz CT molecular complexity index is 586. The summed E-state index contributed by atoms with van der Waals surface area (Å²) < 4.78 is 2.39. The van der Waals surface area contributed by atoms with Crippen LogP contribution in [0.15, 0.2) is 6.33 Å². The molecule has 2 N–H and O–H groups in total. The van der Waals surface area contributed by atoms with Gasteiger partial charge in [0.25, 0.3) is 0 Å².